The first-order valence-electron chi connectivity index (χ1n) is 9.28. The van der Waals surface area contributed by atoms with Crippen LogP contribution in [0.3, 0.4) is 0 Å². The molecule has 1 aliphatic rings. The number of benzene rings is 3. The van der Waals surface area contributed by atoms with Crippen molar-refractivity contribution in [3.8, 4) is 11.1 Å². The maximum absolute atomic E-state index is 4.92. The van der Waals surface area contributed by atoms with E-state index >= 15 is 0 Å². The summed E-state index contributed by atoms with van der Waals surface area (Å²) < 4.78 is 0.132. The van der Waals surface area contributed by atoms with E-state index in [2.05, 4.69) is 98.8 Å². The molecule has 3 aromatic carbocycles. The lowest BCUT2D eigenvalue weighted by Crippen LogP contribution is -2.17. The van der Waals surface area contributed by atoms with Crippen LogP contribution < -0.4 is 0 Å². The first-order valence-corrected chi connectivity index (χ1v) is 10.1. The molecule has 0 saturated heterocycles. The van der Waals surface area contributed by atoms with E-state index in [1.807, 2.05) is 17.8 Å². The van der Waals surface area contributed by atoms with Crippen molar-refractivity contribution in [2.45, 2.75) is 29.9 Å². The summed E-state index contributed by atoms with van der Waals surface area (Å²) in [6.45, 7) is 4.58. The summed E-state index contributed by atoms with van der Waals surface area (Å²) in [7, 11) is 0. The van der Waals surface area contributed by atoms with Gasteiger partial charge >= 0.3 is 0 Å². The van der Waals surface area contributed by atoms with Crippen molar-refractivity contribution in [3.05, 3.63) is 90.5 Å². The molecular formula is C25H23NS. The van der Waals surface area contributed by atoms with Gasteiger partial charge in [0.1, 0.15) is 0 Å². The van der Waals surface area contributed by atoms with E-state index in [4.69, 9.17) is 4.99 Å². The van der Waals surface area contributed by atoms with E-state index in [1.54, 1.807) is 0 Å². The minimum atomic E-state index is 0.132. The molecule has 4 rings (SSSR count). The monoisotopic (exact) mass is 369 g/mol. The van der Waals surface area contributed by atoms with Gasteiger partial charge in [0, 0.05) is 21.8 Å². The second kappa shape index (κ2) is 7.58. The number of hydrogen-bond acceptors (Lipinski definition) is 2. The van der Waals surface area contributed by atoms with Crippen molar-refractivity contribution >= 4 is 29.2 Å². The van der Waals surface area contributed by atoms with Gasteiger partial charge in [0.15, 0.2) is 0 Å². The topological polar surface area (TPSA) is 12.4 Å². The molecule has 3 aromatic rings. The molecule has 134 valence electrons. The predicted octanol–water partition coefficient (Wildman–Crippen LogP) is 7.41. The lowest BCUT2D eigenvalue weighted by Gasteiger charge is -2.21. The third-order valence-corrected chi connectivity index (χ3v) is 5.87. The Morgan fingerprint density at radius 2 is 1.44 bits per heavy atom. The number of hydrogen-bond donors (Lipinski definition) is 0. The van der Waals surface area contributed by atoms with Gasteiger partial charge in [0.2, 0.25) is 0 Å². The van der Waals surface area contributed by atoms with Crippen LogP contribution in [0, 0.1) is 0 Å². The first kappa shape index (κ1) is 17.8. The highest BCUT2D eigenvalue weighted by Crippen LogP contribution is 2.43. The molecular weight excluding hydrogens is 346 g/mol. The molecule has 0 bridgehead atoms. The molecule has 27 heavy (non-hydrogen) atoms. The molecule has 0 aromatic heterocycles. The summed E-state index contributed by atoms with van der Waals surface area (Å²) in [5.41, 5.74) is 5.89. The van der Waals surface area contributed by atoms with Gasteiger partial charge in [0.25, 0.3) is 0 Å². The maximum Gasteiger partial charge on any atom is 0.0768 e. The number of para-hydroxylation sites is 1. The van der Waals surface area contributed by atoms with Crippen LogP contribution in [0.15, 0.2) is 94.8 Å². The van der Waals surface area contributed by atoms with E-state index in [0.29, 0.717) is 0 Å². The third-order valence-electron chi connectivity index (χ3n) is 4.61. The van der Waals surface area contributed by atoms with Crippen molar-refractivity contribution in [2.75, 3.05) is 0 Å². The fourth-order valence-electron chi connectivity index (χ4n) is 3.31. The van der Waals surface area contributed by atoms with Crippen LogP contribution in [0.2, 0.25) is 0 Å². The van der Waals surface area contributed by atoms with Crippen molar-refractivity contribution in [3.63, 3.8) is 0 Å². The average molecular weight is 370 g/mol. The predicted molar refractivity (Wildman–Crippen MR) is 119 cm³/mol. The summed E-state index contributed by atoms with van der Waals surface area (Å²) in [6.07, 6.45) is 5.29. The highest BCUT2D eigenvalue weighted by atomic mass is 32.2. The molecule has 0 aliphatic carbocycles. The van der Waals surface area contributed by atoms with E-state index in [-0.39, 0.29) is 4.75 Å². The van der Waals surface area contributed by atoms with E-state index in [9.17, 15) is 0 Å². The van der Waals surface area contributed by atoms with Crippen LogP contribution in [0.25, 0.3) is 17.2 Å². The zero-order chi connectivity index (χ0) is 18.7. The van der Waals surface area contributed by atoms with Gasteiger partial charge in [-0.3, -0.25) is 4.99 Å². The Morgan fingerprint density at radius 1 is 0.778 bits per heavy atom. The lowest BCUT2D eigenvalue weighted by molar-refractivity contribution is 0.752. The summed E-state index contributed by atoms with van der Waals surface area (Å²) in [4.78, 5) is 6.19. The van der Waals surface area contributed by atoms with Crippen molar-refractivity contribution in [2.24, 2.45) is 4.99 Å². The molecule has 2 heteroatoms. The van der Waals surface area contributed by atoms with Gasteiger partial charge in [-0.25, -0.2) is 0 Å². The fourth-order valence-corrected chi connectivity index (χ4v) is 4.49. The van der Waals surface area contributed by atoms with Crippen LogP contribution in [0.5, 0.6) is 0 Å². The molecule has 1 heterocycles. The van der Waals surface area contributed by atoms with E-state index in [1.165, 1.54) is 21.6 Å². The summed E-state index contributed by atoms with van der Waals surface area (Å²) in [5.74, 6) is 0. The van der Waals surface area contributed by atoms with Gasteiger partial charge < -0.3 is 0 Å². The van der Waals surface area contributed by atoms with E-state index in [0.717, 1.165) is 17.8 Å². The largest absolute Gasteiger partial charge is 0.252 e. The van der Waals surface area contributed by atoms with Crippen molar-refractivity contribution in [1.29, 1.82) is 0 Å². The zero-order valence-electron chi connectivity index (χ0n) is 15.7. The number of thioether (sulfide) groups is 1. The molecule has 1 aliphatic heterocycles. The second-order valence-corrected chi connectivity index (χ2v) is 9.18. The molecule has 1 nitrogen and oxygen atoms in total. The van der Waals surface area contributed by atoms with Gasteiger partial charge in [0.05, 0.1) is 5.69 Å². The van der Waals surface area contributed by atoms with Gasteiger partial charge in [-0.05, 0) is 48.7 Å². The number of fused-ring (bicyclic) bond motifs is 1. The van der Waals surface area contributed by atoms with Crippen molar-refractivity contribution in [1.82, 2.24) is 0 Å². The second-order valence-electron chi connectivity index (χ2n) is 7.43. The Balaban J connectivity index is 1.58. The van der Waals surface area contributed by atoms with Gasteiger partial charge in [-0.15, -0.1) is 11.8 Å². The van der Waals surface area contributed by atoms with Crippen LogP contribution in [0.1, 0.15) is 25.8 Å². The van der Waals surface area contributed by atoms with Crippen LogP contribution in [0.4, 0.5) is 5.69 Å². The molecule has 0 unspecified atom stereocenters. The average Bonchev–Trinajstić information content (AvgIpc) is 2.81. The van der Waals surface area contributed by atoms with Crippen molar-refractivity contribution < 1.29 is 0 Å². The van der Waals surface area contributed by atoms with Gasteiger partial charge in [-0.1, -0.05) is 72.8 Å². The Bertz CT molecular complexity index is 982. The first-order chi connectivity index (χ1) is 13.1. The maximum atomic E-state index is 4.92. The molecule has 0 fully saturated rings. The number of rotatable bonds is 3. The minimum absolute atomic E-state index is 0.132. The smallest absolute Gasteiger partial charge is 0.0768 e. The summed E-state index contributed by atoms with van der Waals surface area (Å²) >= 11 is 1.91. The molecule has 0 saturated carbocycles. The molecule has 0 radical (unpaired) electrons. The molecule has 0 spiro atoms. The Kier molecular flexibility index (Phi) is 5.00. The molecule has 0 N–H and O–H groups in total. The van der Waals surface area contributed by atoms with Crippen LogP contribution in [-0.4, -0.2) is 10.5 Å². The summed E-state index contributed by atoms with van der Waals surface area (Å²) in [6, 6.07) is 27.6. The van der Waals surface area contributed by atoms with Gasteiger partial charge in [-0.2, -0.15) is 0 Å². The highest BCUT2D eigenvalue weighted by molar-refractivity contribution is 8.00. The number of nitrogens with zero attached hydrogens (tertiary/aromatic N) is 1. The number of allylic oxidation sites excluding steroid dienone is 1. The fraction of sp³-hybridized carbons (Fsp3) is 0.160. The van der Waals surface area contributed by atoms with E-state index < -0.39 is 0 Å². The number of aliphatic imine (C=N–C) groups is 1. The standard InChI is InChI=1S/C25H23NS/c1-25(2)18-22(26-23-10-6-7-11-24(23)27-25)17-14-19-12-15-21(16-13-19)20-8-4-3-5-9-20/h3-17H,18H2,1-2H3. The normalized spacial score (nSPS) is 15.9. The van der Waals surface area contributed by atoms with Crippen LogP contribution in [-0.2, 0) is 0 Å². The Hall–Kier alpha value is -2.58. The summed E-state index contributed by atoms with van der Waals surface area (Å²) in [5, 5.41) is 0. The Morgan fingerprint density at radius 3 is 2.22 bits per heavy atom. The zero-order valence-corrected chi connectivity index (χ0v) is 16.5. The minimum Gasteiger partial charge on any atom is -0.252 e. The highest BCUT2D eigenvalue weighted by Gasteiger charge is 2.25. The molecule has 0 amide bonds. The van der Waals surface area contributed by atoms with Crippen LogP contribution >= 0.6 is 11.8 Å². The Labute approximate surface area is 165 Å². The lowest BCUT2D eigenvalue weighted by atomic mass is 10.0. The third kappa shape index (κ3) is 4.40. The quantitative estimate of drug-likeness (QED) is 0.468. The SMILES string of the molecule is CC1(C)CC(C=Cc2ccc(-c3ccccc3)cc2)=Nc2ccccc2S1. The molecule has 0 atom stereocenters.